The van der Waals surface area contributed by atoms with Gasteiger partial charge in [0.05, 0.1) is 17.8 Å². The predicted molar refractivity (Wildman–Crippen MR) is 79.8 cm³/mol. The Hall–Kier alpha value is -2.50. The second kappa shape index (κ2) is 7.33. The van der Waals surface area contributed by atoms with Crippen LogP contribution in [0.25, 0.3) is 0 Å². The molecule has 0 saturated carbocycles. The fraction of sp³-hybridized carbons (Fsp3) is 0.333. The largest absolute Gasteiger partial charge is 0.487 e. The Balaban J connectivity index is 2.08. The van der Waals surface area contributed by atoms with E-state index in [9.17, 15) is 10.1 Å². The first kappa shape index (κ1) is 14.9. The molecule has 0 radical (unpaired) electrons. The van der Waals surface area contributed by atoms with E-state index >= 15 is 0 Å². The summed E-state index contributed by atoms with van der Waals surface area (Å²) >= 11 is 0. The molecule has 2 aromatic rings. The van der Waals surface area contributed by atoms with E-state index in [1.54, 1.807) is 24.5 Å². The van der Waals surface area contributed by atoms with Gasteiger partial charge >= 0.3 is 5.69 Å². The molecule has 1 N–H and O–H groups in total. The average Bonchev–Trinajstić information content (AvgIpc) is 2.98. The van der Waals surface area contributed by atoms with Gasteiger partial charge in [0.1, 0.15) is 11.4 Å². The zero-order valence-electron chi connectivity index (χ0n) is 11.9. The molecule has 1 aromatic carbocycles. The van der Waals surface area contributed by atoms with E-state index in [4.69, 9.17) is 9.15 Å². The number of rotatable bonds is 8. The molecule has 21 heavy (non-hydrogen) atoms. The number of hydrogen-bond donors (Lipinski definition) is 1. The third kappa shape index (κ3) is 3.98. The number of hydrogen-bond acceptors (Lipinski definition) is 5. The second-order valence-corrected chi connectivity index (χ2v) is 4.51. The van der Waals surface area contributed by atoms with Crippen LogP contribution < -0.4 is 10.1 Å². The Kier molecular flexibility index (Phi) is 5.20. The highest BCUT2D eigenvalue weighted by atomic mass is 16.6. The maximum atomic E-state index is 11.3. The molecule has 6 nitrogen and oxygen atoms in total. The number of furan rings is 1. The van der Waals surface area contributed by atoms with Gasteiger partial charge in [-0.2, -0.15) is 0 Å². The van der Waals surface area contributed by atoms with Crippen molar-refractivity contribution in [2.24, 2.45) is 0 Å². The van der Waals surface area contributed by atoms with Crippen molar-refractivity contribution in [3.8, 4) is 5.75 Å². The molecule has 2 rings (SSSR count). The van der Waals surface area contributed by atoms with Crippen LogP contribution >= 0.6 is 0 Å². The minimum absolute atomic E-state index is 0.0228. The Bertz CT molecular complexity index is 581. The fourth-order valence-corrected chi connectivity index (χ4v) is 1.96. The summed E-state index contributed by atoms with van der Waals surface area (Å²) in [6.45, 7) is 2.96. The molecule has 0 amide bonds. The van der Waals surface area contributed by atoms with Crippen LogP contribution in [0.4, 0.5) is 11.4 Å². The van der Waals surface area contributed by atoms with Crippen molar-refractivity contribution in [1.82, 2.24) is 0 Å². The van der Waals surface area contributed by atoms with Crippen molar-refractivity contribution in [3.63, 3.8) is 0 Å². The second-order valence-electron chi connectivity index (χ2n) is 4.51. The number of nitro benzene ring substituents is 1. The van der Waals surface area contributed by atoms with Crippen LogP contribution in [0.1, 0.15) is 19.1 Å². The van der Waals surface area contributed by atoms with Gasteiger partial charge in [0.15, 0.2) is 5.75 Å². The summed E-state index contributed by atoms with van der Waals surface area (Å²) in [7, 11) is 0. The number of nitrogens with one attached hydrogen (secondary N) is 1. The molecule has 6 heteroatoms. The molecule has 112 valence electrons. The quantitative estimate of drug-likeness (QED) is 0.593. The monoisotopic (exact) mass is 290 g/mol. The number of ether oxygens (including phenoxy) is 1. The van der Waals surface area contributed by atoms with Gasteiger partial charge in [0.2, 0.25) is 0 Å². The summed E-state index contributed by atoms with van der Waals surface area (Å²) in [5, 5.41) is 14.3. The van der Waals surface area contributed by atoms with Crippen LogP contribution in [0.3, 0.4) is 0 Å². The van der Waals surface area contributed by atoms with Gasteiger partial charge in [-0.3, -0.25) is 10.1 Å². The molecule has 0 aliphatic rings. The molecule has 0 aliphatic carbocycles. The number of anilines is 1. The molecule has 0 unspecified atom stereocenters. The van der Waals surface area contributed by atoms with E-state index in [1.165, 1.54) is 0 Å². The number of nitro groups is 1. The third-order valence-corrected chi connectivity index (χ3v) is 2.91. The highest BCUT2D eigenvalue weighted by Gasteiger charge is 2.20. The third-order valence-electron chi connectivity index (χ3n) is 2.91. The maximum absolute atomic E-state index is 11.3. The van der Waals surface area contributed by atoms with Gasteiger partial charge < -0.3 is 14.5 Å². The summed E-state index contributed by atoms with van der Waals surface area (Å²) in [4.78, 5) is 10.8. The lowest BCUT2D eigenvalue weighted by atomic mass is 10.2. The van der Waals surface area contributed by atoms with Crippen LogP contribution in [0.5, 0.6) is 5.75 Å². The molecule has 1 aromatic heterocycles. The Morgan fingerprint density at radius 3 is 2.86 bits per heavy atom. The van der Waals surface area contributed by atoms with Crippen LogP contribution in [0.2, 0.25) is 0 Å². The Morgan fingerprint density at radius 1 is 1.33 bits per heavy atom. The first-order chi connectivity index (χ1) is 10.2. The molecule has 0 aliphatic heterocycles. The van der Waals surface area contributed by atoms with Crippen molar-refractivity contribution in [3.05, 3.63) is 52.5 Å². The lowest BCUT2D eigenvalue weighted by Crippen LogP contribution is -2.08. The fourth-order valence-electron chi connectivity index (χ4n) is 1.96. The van der Waals surface area contributed by atoms with Crippen molar-refractivity contribution < 1.29 is 14.1 Å². The Morgan fingerprint density at radius 2 is 2.19 bits per heavy atom. The first-order valence-corrected chi connectivity index (χ1v) is 6.88. The zero-order chi connectivity index (χ0) is 15.1. The van der Waals surface area contributed by atoms with Gasteiger partial charge in [-0.1, -0.05) is 13.0 Å². The lowest BCUT2D eigenvalue weighted by Gasteiger charge is -2.10. The number of nitrogens with zero attached hydrogens (tertiary/aromatic N) is 1. The SMILES string of the molecule is CCCOc1cccc(NCCc2ccco2)c1[N+](=O)[O-]. The highest BCUT2D eigenvalue weighted by molar-refractivity contribution is 5.68. The smallest absolute Gasteiger partial charge is 0.333 e. The summed E-state index contributed by atoms with van der Waals surface area (Å²) in [6.07, 6.45) is 3.06. The normalized spacial score (nSPS) is 10.3. The van der Waals surface area contributed by atoms with E-state index in [0.29, 0.717) is 31.0 Å². The summed E-state index contributed by atoms with van der Waals surface area (Å²) in [5.74, 6) is 1.13. The van der Waals surface area contributed by atoms with Gasteiger partial charge in [-0.25, -0.2) is 0 Å². The van der Waals surface area contributed by atoms with Gasteiger partial charge in [0.25, 0.3) is 0 Å². The molecule has 0 spiro atoms. The first-order valence-electron chi connectivity index (χ1n) is 6.88. The zero-order valence-corrected chi connectivity index (χ0v) is 11.9. The van der Waals surface area contributed by atoms with E-state index in [1.807, 2.05) is 19.1 Å². The maximum Gasteiger partial charge on any atom is 0.333 e. The number of benzene rings is 1. The van der Waals surface area contributed by atoms with Crippen molar-refractivity contribution >= 4 is 11.4 Å². The standard InChI is InChI=1S/C15H18N2O4/c1-2-10-21-14-7-3-6-13(15(14)17(18)19)16-9-8-12-5-4-11-20-12/h3-7,11,16H,2,8-10H2,1H3. The summed E-state index contributed by atoms with van der Waals surface area (Å²) in [6, 6.07) is 8.73. The molecule has 0 fully saturated rings. The molecule has 0 atom stereocenters. The van der Waals surface area contributed by atoms with E-state index < -0.39 is 4.92 Å². The lowest BCUT2D eigenvalue weighted by molar-refractivity contribution is -0.385. The Labute approximate surface area is 122 Å². The van der Waals surface area contributed by atoms with Crippen LogP contribution in [0.15, 0.2) is 41.0 Å². The van der Waals surface area contributed by atoms with E-state index in [-0.39, 0.29) is 5.69 Å². The highest BCUT2D eigenvalue weighted by Crippen LogP contribution is 2.34. The predicted octanol–water partition coefficient (Wildman–Crippen LogP) is 3.63. The van der Waals surface area contributed by atoms with Crippen molar-refractivity contribution in [2.45, 2.75) is 19.8 Å². The molecule has 1 heterocycles. The van der Waals surface area contributed by atoms with Gasteiger partial charge in [-0.05, 0) is 30.7 Å². The topological polar surface area (TPSA) is 77.5 Å². The molecule has 0 bridgehead atoms. The van der Waals surface area contributed by atoms with Crippen molar-refractivity contribution in [1.29, 1.82) is 0 Å². The van der Waals surface area contributed by atoms with E-state index in [0.717, 1.165) is 12.2 Å². The van der Waals surface area contributed by atoms with Crippen LogP contribution in [0, 0.1) is 10.1 Å². The minimum atomic E-state index is -0.416. The van der Waals surface area contributed by atoms with Crippen molar-refractivity contribution in [2.75, 3.05) is 18.5 Å². The molecular weight excluding hydrogens is 272 g/mol. The van der Waals surface area contributed by atoms with Crippen LogP contribution in [-0.4, -0.2) is 18.1 Å². The average molecular weight is 290 g/mol. The van der Waals surface area contributed by atoms with Gasteiger partial charge in [0, 0.05) is 13.0 Å². The number of para-hydroxylation sites is 1. The van der Waals surface area contributed by atoms with Gasteiger partial charge in [-0.15, -0.1) is 0 Å². The van der Waals surface area contributed by atoms with E-state index in [2.05, 4.69) is 5.32 Å². The summed E-state index contributed by atoms with van der Waals surface area (Å²) < 4.78 is 10.7. The summed E-state index contributed by atoms with van der Waals surface area (Å²) in [5.41, 5.74) is 0.436. The minimum Gasteiger partial charge on any atom is -0.487 e. The molecular formula is C15H18N2O4. The molecule has 0 saturated heterocycles. The van der Waals surface area contributed by atoms with Crippen LogP contribution in [-0.2, 0) is 6.42 Å².